The van der Waals surface area contributed by atoms with Gasteiger partial charge in [-0.1, -0.05) is 12.1 Å². The number of carbonyl (C=O) groups is 1. The Kier molecular flexibility index (Phi) is 4.46. The third kappa shape index (κ3) is 3.10. The Morgan fingerprint density at radius 1 is 1.31 bits per heavy atom. The monoisotopic (exact) mass is 355 g/mol. The molecule has 2 aromatic rings. The van der Waals surface area contributed by atoms with Crippen molar-refractivity contribution in [1.29, 1.82) is 0 Å². The largest absolute Gasteiger partial charge is 0.389 e. The van der Waals surface area contributed by atoms with Gasteiger partial charge in [0.15, 0.2) is 0 Å². The van der Waals surface area contributed by atoms with Crippen LogP contribution in [0.25, 0.3) is 11.3 Å². The highest BCUT2D eigenvalue weighted by Gasteiger charge is 2.43. The van der Waals surface area contributed by atoms with Crippen LogP contribution in [0.3, 0.4) is 0 Å². The van der Waals surface area contributed by atoms with E-state index in [0.29, 0.717) is 30.6 Å². The van der Waals surface area contributed by atoms with E-state index in [1.54, 1.807) is 35.2 Å². The number of piperidine rings is 2. The summed E-state index contributed by atoms with van der Waals surface area (Å²) in [5, 5.41) is 14.1. The summed E-state index contributed by atoms with van der Waals surface area (Å²) in [7, 11) is 0. The third-order valence-electron chi connectivity index (χ3n) is 5.57. The third-order valence-corrected chi connectivity index (χ3v) is 5.57. The number of carbonyl (C=O) groups excluding carboxylic acids is 1. The van der Waals surface area contributed by atoms with Crippen molar-refractivity contribution in [2.45, 2.75) is 18.4 Å². The average Bonchev–Trinajstić information content (AvgIpc) is 2.67. The van der Waals surface area contributed by atoms with Crippen molar-refractivity contribution in [2.75, 3.05) is 26.2 Å². The molecule has 1 aromatic heterocycles. The van der Waals surface area contributed by atoms with Crippen LogP contribution in [0.15, 0.2) is 42.6 Å². The first-order valence-electron chi connectivity index (χ1n) is 9.00. The van der Waals surface area contributed by atoms with E-state index in [1.165, 1.54) is 12.3 Å². The molecule has 2 N–H and O–H groups in total. The summed E-state index contributed by atoms with van der Waals surface area (Å²) in [4.78, 5) is 18.8. The summed E-state index contributed by atoms with van der Waals surface area (Å²) < 4.78 is 14.0. The van der Waals surface area contributed by atoms with Gasteiger partial charge in [0, 0.05) is 42.9 Å². The minimum atomic E-state index is -0.666. The Morgan fingerprint density at radius 2 is 2.19 bits per heavy atom. The van der Waals surface area contributed by atoms with Gasteiger partial charge < -0.3 is 15.3 Å². The Morgan fingerprint density at radius 3 is 3.04 bits per heavy atom. The molecule has 0 spiro atoms. The molecule has 3 heterocycles. The van der Waals surface area contributed by atoms with Crippen LogP contribution in [0.2, 0.25) is 0 Å². The number of halogens is 1. The lowest BCUT2D eigenvalue weighted by Gasteiger charge is -2.47. The number of aromatic nitrogens is 1. The average molecular weight is 355 g/mol. The van der Waals surface area contributed by atoms with Gasteiger partial charge in [-0.25, -0.2) is 4.39 Å². The Balaban J connectivity index is 1.56. The van der Waals surface area contributed by atoms with Crippen LogP contribution >= 0.6 is 0 Å². The van der Waals surface area contributed by atoms with Gasteiger partial charge in [0.1, 0.15) is 11.5 Å². The van der Waals surface area contributed by atoms with Gasteiger partial charge in [0.05, 0.1) is 5.60 Å². The maximum Gasteiger partial charge on any atom is 0.253 e. The van der Waals surface area contributed by atoms with E-state index in [4.69, 9.17) is 0 Å². The predicted octanol–water partition coefficient (Wildman–Crippen LogP) is 2.07. The molecule has 0 aliphatic carbocycles. The zero-order valence-corrected chi connectivity index (χ0v) is 14.5. The molecular formula is C20H22FN3O2. The second kappa shape index (κ2) is 6.78. The van der Waals surface area contributed by atoms with E-state index >= 15 is 0 Å². The zero-order valence-electron chi connectivity index (χ0n) is 14.5. The van der Waals surface area contributed by atoms with Gasteiger partial charge >= 0.3 is 0 Å². The fourth-order valence-electron chi connectivity index (χ4n) is 3.99. The maximum absolute atomic E-state index is 14.0. The van der Waals surface area contributed by atoms with Crippen molar-refractivity contribution in [3.05, 3.63) is 54.0 Å². The van der Waals surface area contributed by atoms with Crippen molar-refractivity contribution < 1.29 is 14.3 Å². The minimum Gasteiger partial charge on any atom is -0.389 e. The molecule has 0 radical (unpaired) electrons. The van der Waals surface area contributed by atoms with Crippen LogP contribution < -0.4 is 5.32 Å². The fourth-order valence-corrected chi connectivity index (χ4v) is 3.99. The quantitative estimate of drug-likeness (QED) is 0.866. The van der Waals surface area contributed by atoms with Crippen molar-refractivity contribution in [2.24, 2.45) is 5.92 Å². The normalized spacial score (nSPS) is 25.6. The molecule has 2 saturated heterocycles. The molecule has 5 nitrogen and oxygen atoms in total. The Hall–Kier alpha value is -2.31. The SMILES string of the molecule is O=C(c1cccc(-c2ncccc2F)c1)N1CC[C@@]2(O)CCNC[C@H]2C1. The van der Waals surface area contributed by atoms with Crippen LogP contribution in [0.1, 0.15) is 23.2 Å². The Bertz CT molecular complexity index is 828. The lowest BCUT2D eigenvalue weighted by atomic mass is 9.76. The number of hydrogen-bond donors (Lipinski definition) is 2. The first-order valence-corrected chi connectivity index (χ1v) is 9.00. The molecule has 2 aliphatic rings. The van der Waals surface area contributed by atoms with E-state index in [1.807, 2.05) is 0 Å². The van der Waals surface area contributed by atoms with Crippen LogP contribution in [0.4, 0.5) is 4.39 Å². The molecule has 1 aromatic carbocycles. The lowest BCUT2D eigenvalue weighted by molar-refractivity contribution is -0.0817. The van der Waals surface area contributed by atoms with E-state index in [2.05, 4.69) is 10.3 Å². The van der Waals surface area contributed by atoms with Gasteiger partial charge in [-0.15, -0.1) is 0 Å². The smallest absolute Gasteiger partial charge is 0.253 e. The summed E-state index contributed by atoms with van der Waals surface area (Å²) >= 11 is 0. The fraction of sp³-hybridized carbons (Fsp3) is 0.400. The van der Waals surface area contributed by atoms with Crippen molar-refractivity contribution in [3.63, 3.8) is 0 Å². The number of nitrogens with one attached hydrogen (secondary N) is 1. The molecule has 2 atom stereocenters. The van der Waals surface area contributed by atoms with Crippen LogP contribution in [0.5, 0.6) is 0 Å². The highest BCUT2D eigenvalue weighted by atomic mass is 19.1. The number of rotatable bonds is 2. The lowest BCUT2D eigenvalue weighted by Crippen LogP contribution is -2.59. The second-order valence-corrected chi connectivity index (χ2v) is 7.17. The summed E-state index contributed by atoms with van der Waals surface area (Å²) in [6.45, 7) is 2.61. The van der Waals surface area contributed by atoms with E-state index < -0.39 is 11.4 Å². The van der Waals surface area contributed by atoms with Crippen molar-refractivity contribution in [1.82, 2.24) is 15.2 Å². The van der Waals surface area contributed by atoms with Crippen molar-refractivity contribution in [3.8, 4) is 11.3 Å². The molecule has 2 aliphatic heterocycles. The number of likely N-dealkylation sites (tertiary alicyclic amines) is 1. The molecule has 2 fully saturated rings. The van der Waals surface area contributed by atoms with E-state index in [9.17, 15) is 14.3 Å². The first-order chi connectivity index (χ1) is 12.6. The number of pyridine rings is 1. The molecule has 6 heteroatoms. The molecule has 0 unspecified atom stereocenters. The summed E-state index contributed by atoms with van der Waals surface area (Å²) in [6, 6.07) is 9.83. The molecule has 136 valence electrons. The number of nitrogens with zero attached hydrogens (tertiary/aromatic N) is 2. The van der Waals surface area contributed by atoms with E-state index in [0.717, 1.165) is 19.5 Å². The van der Waals surface area contributed by atoms with Crippen LogP contribution in [0, 0.1) is 11.7 Å². The number of aliphatic hydroxyl groups is 1. The summed E-state index contributed by atoms with van der Waals surface area (Å²) in [5.74, 6) is -0.449. The minimum absolute atomic E-state index is 0.0466. The molecule has 0 bridgehead atoms. The second-order valence-electron chi connectivity index (χ2n) is 7.17. The molecule has 4 rings (SSSR count). The maximum atomic E-state index is 14.0. The molecule has 0 saturated carbocycles. The van der Waals surface area contributed by atoms with Gasteiger partial charge in [-0.2, -0.15) is 0 Å². The number of hydrogen-bond acceptors (Lipinski definition) is 4. The van der Waals surface area contributed by atoms with Crippen LogP contribution in [-0.2, 0) is 0 Å². The van der Waals surface area contributed by atoms with Gasteiger partial charge in [0.2, 0.25) is 0 Å². The van der Waals surface area contributed by atoms with Crippen LogP contribution in [-0.4, -0.2) is 52.7 Å². The number of benzene rings is 1. The van der Waals surface area contributed by atoms with Crippen molar-refractivity contribution >= 4 is 5.91 Å². The highest BCUT2D eigenvalue weighted by Crippen LogP contribution is 2.33. The van der Waals surface area contributed by atoms with Gasteiger partial charge in [-0.05, 0) is 43.7 Å². The number of amides is 1. The summed E-state index contributed by atoms with van der Waals surface area (Å²) in [5.41, 5.74) is 0.677. The molecule has 26 heavy (non-hydrogen) atoms. The molecular weight excluding hydrogens is 333 g/mol. The summed E-state index contributed by atoms with van der Waals surface area (Å²) in [6.07, 6.45) is 2.86. The molecule has 1 amide bonds. The van der Waals surface area contributed by atoms with Gasteiger partial charge in [0.25, 0.3) is 5.91 Å². The predicted molar refractivity (Wildman–Crippen MR) is 96.1 cm³/mol. The topological polar surface area (TPSA) is 65.5 Å². The van der Waals surface area contributed by atoms with E-state index in [-0.39, 0.29) is 17.5 Å². The highest BCUT2D eigenvalue weighted by molar-refractivity contribution is 5.95. The zero-order chi connectivity index (χ0) is 18.1. The number of fused-ring (bicyclic) bond motifs is 1. The standard InChI is InChI=1S/C20H22FN3O2/c21-17-5-2-8-23-18(17)14-3-1-4-15(11-14)19(25)24-10-7-20(26)6-9-22-12-16(20)13-24/h1-5,8,11,16,22,26H,6-7,9-10,12-13H2/t16-,20-/m0/s1. The van der Waals surface area contributed by atoms with Gasteiger partial charge in [-0.3, -0.25) is 9.78 Å². The Labute approximate surface area is 151 Å². The first kappa shape index (κ1) is 17.1.